The van der Waals surface area contributed by atoms with Gasteiger partial charge in [-0.3, -0.25) is 0 Å². The van der Waals surface area contributed by atoms with Crippen molar-refractivity contribution >= 4 is 22.6 Å². The second kappa shape index (κ2) is 7.98. The van der Waals surface area contributed by atoms with Crippen LogP contribution >= 0.6 is 0 Å². The molecule has 0 amide bonds. The third-order valence-corrected chi connectivity index (χ3v) is 4.00. The molecule has 0 bridgehead atoms. The summed E-state index contributed by atoms with van der Waals surface area (Å²) >= 11 is 0. The van der Waals surface area contributed by atoms with Crippen LogP contribution in [-0.4, -0.2) is 0 Å². The summed E-state index contributed by atoms with van der Waals surface area (Å²) < 4.78 is 0. The summed E-state index contributed by atoms with van der Waals surface area (Å²) in [6.07, 6.45) is 5.65. The Morgan fingerprint density at radius 3 is 1.72 bits per heavy atom. The van der Waals surface area contributed by atoms with Gasteiger partial charge in [0, 0.05) is 16.9 Å². The summed E-state index contributed by atoms with van der Waals surface area (Å²) in [6.45, 7) is 7.79. The number of hydrogen-bond acceptors (Lipinski definition) is 1. The highest BCUT2D eigenvalue weighted by Crippen LogP contribution is 2.38. The second-order valence-electron chi connectivity index (χ2n) is 5.59. The van der Waals surface area contributed by atoms with Gasteiger partial charge in [-0.1, -0.05) is 86.0 Å². The number of benzene rings is 3. The molecule has 0 N–H and O–H groups in total. The van der Waals surface area contributed by atoms with E-state index in [4.69, 9.17) is 0 Å². The van der Waals surface area contributed by atoms with Gasteiger partial charge in [-0.25, -0.2) is 0 Å². The van der Waals surface area contributed by atoms with Gasteiger partial charge in [0.1, 0.15) is 0 Å². The highest BCUT2D eigenvalue weighted by Gasteiger charge is 2.16. The first-order valence-corrected chi connectivity index (χ1v) is 8.30. The molecule has 0 aromatic heterocycles. The Morgan fingerprint density at radius 2 is 1.20 bits per heavy atom. The fourth-order valence-corrected chi connectivity index (χ4v) is 2.89. The van der Waals surface area contributed by atoms with E-state index in [1.165, 1.54) is 0 Å². The maximum atomic E-state index is 3.97. The molecule has 0 saturated heterocycles. The second-order valence-corrected chi connectivity index (χ2v) is 5.59. The van der Waals surface area contributed by atoms with Crippen molar-refractivity contribution in [3.63, 3.8) is 0 Å². The summed E-state index contributed by atoms with van der Waals surface area (Å²) in [6, 6.07) is 29.1. The normalized spacial score (nSPS) is 11.0. The molecule has 3 aromatic rings. The van der Waals surface area contributed by atoms with Gasteiger partial charge in [0.05, 0.1) is 5.69 Å². The minimum absolute atomic E-state index is 1.04. The zero-order valence-electron chi connectivity index (χ0n) is 14.2. The topological polar surface area (TPSA) is 3.24 Å². The number of anilines is 3. The Kier molecular flexibility index (Phi) is 5.28. The summed E-state index contributed by atoms with van der Waals surface area (Å²) in [4.78, 5) is 2.26. The van der Waals surface area contributed by atoms with Gasteiger partial charge in [0.15, 0.2) is 0 Å². The molecule has 25 heavy (non-hydrogen) atoms. The highest BCUT2D eigenvalue weighted by molar-refractivity contribution is 5.89. The summed E-state index contributed by atoms with van der Waals surface area (Å²) in [5, 5.41) is 0. The molecule has 0 aliphatic carbocycles. The maximum absolute atomic E-state index is 3.97. The van der Waals surface area contributed by atoms with Gasteiger partial charge in [0.2, 0.25) is 0 Å². The van der Waals surface area contributed by atoms with Crippen molar-refractivity contribution in [3.05, 3.63) is 122 Å². The van der Waals surface area contributed by atoms with E-state index in [-0.39, 0.29) is 0 Å². The first-order valence-electron chi connectivity index (χ1n) is 8.30. The van der Waals surface area contributed by atoms with Crippen molar-refractivity contribution in [3.8, 4) is 0 Å². The number of allylic oxidation sites excluding steroid dienone is 4. The lowest BCUT2D eigenvalue weighted by molar-refractivity contribution is 1.27. The van der Waals surface area contributed by atoms with Crippen molar-refractivity contribution in [2.45, 2.75) is 0 Å². The van der Waals surface area contributed by atoms with E-state index in [0.717, 1.165) is 28.2 Å². The van der Waals surface area contributed by atoms with Gasteiger partial charge in [0.25, 0.3) is 0 Å². The van der Waals surface area contributed by atoms with Crippen LogP contribution in [0.25, 0.3) is 5.57 Å². The molecule has 1 nitrogen and oxygen atoms in total. The molecule has 0 radical (unpaired) electrons. The van der Waals surface area contributed by atoms with E-state index in [1.54, 1.807) is 6.08 Å². The van der Waals surface area contributed by atoms with E-state index >= 15 is 0 Å². The number of nitrogens with zero attached hydrogens (tertiary/aromatic N) is 1. The predicted molar refractivity (Wildman–Crippen MR) is 109 cm³/mol. The standard InChI is InChI=1S/C24H21N/c1-3-13-20(4-2)23-18-11-12-19-24(23)25(21-14-7-5-8-15-21)22-16-9-6-10-17-22/h3-19H,1-2H2. The monoisotopic (exact) mass is 323 g/mol. The van der Waals surface area contributed by atoms with Gasteiger partial charge >= 0.3 is 0 Å². The van der Waals surface area contributed by atoms with Gasteiger partial charge in [-0.05, 0) is 35.9 Å². The van der Waals surface area contributed by atoms with E-state index in [2.05, 4.69) is 84.8 Å². The molecule has 122 valence electrons. The Balaban J connectivity index is 2.24. The molecule has 3 aromatic carbocycles. The molecule has 0 unspecified atom stereocenters. The summed E-state index contributed by atoms with van der Waals surface area (Å²) in [5.41, 5.74) is 5.49. The van der Waals surface area contributed by atoms with Crippen LogP contribution in [0.2, 0.25) is 0 Å². The minimum atomic E-state index is 1.04. The summed E-state index contributed by atoms with van der Waals surface area (Å²) in [7, 11) is 0. The average molecular weight is 323 g/mol. The minimum Gasteiger partial charge on any atom is -0.310 e. The fraction of sp³-hybridized carbons (Fsp3) is 0. The molecule has 0 aliphatic heterocycles. The van der Waals surface area contributed by atoms with Crippen LogP contribution in [0.3, 0.4) is 0 Å². The smallest absolute Gasteiger partial charge is 0.0540 e. The lowest BCUT2D eigenvalue weighted by atomic mass is 10.0. The number of para-hydroxylation sites is 3. The number of rotatable bonds is 6. The SMILES string of the molecule is C=CC=C(C=C)c1ccccc1N(c1ccccc1)c1ccccc1. The molecule has 0 fully saturated rings. The third-order valence-electron chi connectivity index (χ3n) is 4.00. The quantitative estimate of drug-likeness (QED) is 0.445. The third kappa shape index (κ3) is 3.61. The molecule has 0 saturated carbocycles. The lowest BCUT2D eigenvalue weighted by Gasteiger charge is -2.28. The Bertz CT molecular complexity index is 837. The first kappa shape index (κ1) is 16.5. The Morgan fingerprint density at radius 1 is 0.680 bits per heavy atom. The van der Waals surface area contributed by atoms with Crippen LogP contribution < -0.4 is 4.90 Å². The van der Waals surface area contributed by atoms with E-state index < -0.39 is 0 Å². The highest BCUT2D eigenvalue weighted by atomic mass is 15.1. The molecule has 0 atom stereocenters. The van der Waals surface area contributed by atoms with Crippen LogP contribution in [0.1, 0.15) is 5.56 Å². The van der Waals surface area contributed by atoms with Gasteiger partial charge < -0.3 is 4.90 Å². The zero-order valence-corrected chi connectivity index (χ0v) is 14.2. The largest absolute Gasteiger partial charge is 0.310 e. The average Bonchev–Trinajstić information content (AvgIpc) is 2.69. The van der Waals surface area contributed by atoms with Crippen molar-refractivity contribution in [2.24, 2.45) is 0 Å². The van der Waals surface area contributed by atoms with E-state index in [0.29, 0.717) is 0 Å². The van der Waals surface area contributed by atoms with Crippen molar-refractivity contribution in [1.82, 2.24) is 0 Å². The fourth-order valence-electron chi connectivity index (χ4n) is 2.89. The molecule has 3 rings (SSSR count). The Labute approximate surface area is 149 Å². The predicted octanol–water partition coefficient (Wildman–Crippen LogP) is 6.91. The number of hydrogen-bond donors (Lipinski definition) is 0. The van der Waals surface area contributed by atoms with Crippen LogP contribution in [-0.2, 0) is 0 Å². The molecule has 0 aliphatic rings. The van der Waals surface area contributed by atoms with Crippen LogP contribution in [0.5, 0.6) is 0 Å². The lowest BCUT2D eigenvalue weighted by Crippen LogP contribution is -2.11. The molecular formula is C24H21N. The zero-order chi connectivity index (χ0) is 17.5. The molecule has 1 heteroatoms. The first-order chi connectivity index (χ1) is 12.3. The van der Waals surface area contributed by atoms with Gasteiger partial charge in [-0.15, -0.1) is 0 Å². The van der Waals surface area contributed by atoms with E-state index in [9.17, 15) is 0 Å². The van der Waals surface area contributed by atoms with Crippen LogP contribution in [0, 0.1) is 0 Å². The van der Waals surface area contributed by atoms with Crippen molar-refractivity contribution < 1.29 is 0 Å². The molecular weight excluding hydrogens is 302 g/mol. The molecule has 0 heterocycles. The van der Waals surface area contributed by atoms with Crippen LogP contribution in [0.15, 0.2) is 116 Å². The molecule has 0 spiro atoms. The van der Waals surface area contributed by atoms with Crippen molar-refractivity contribution in [2.75, 3.05) is 4.90 Å². The van der Waals surface area contributed by atoms with Crippen molar-refractivity contribution in [1.29, 1.82) is 0 Å². The van der Waals surface area contributed by atoms with Crippen LogP contribution in [0.4, 0.5) is 17.1 Å². The summed E-state index contributed by atoms with van der Waals surface area (Å²) in [5.74, 6) is 0. The Hall–Kier alpha value is -3.32. The maximum Gasteiger partial charge on any atom is 0.0540 e. The van der Waals surface area contributed by atoms with E-state index in [1.807, 2.05) is 30.4 Å². The van der Waals surface area contributed by atoms with Gasteiger partial charge in [-0.2, -0.15) is 0 Å².